The highest BCUT2D eigenvalue weighted by molar-refractivity contribution is 5.76. The van der Waals surface area contributed by atoms with Gasteiger partial charge in [-0.05, 0) is 34.9 Å². The Labute approximate surface area is 158 Å². The maximum Gasteiger partial charge on any atom is 0.416 e. The number of carbonyl (C=O) groups is 1. The van der Waals surface area contributed by atoms with E-state index in [1.54, 1.807) is 4.90 Å². The molecule has 9 heteroatoms. The largest absolute Gasteiger partial charge is 0.416 e. The summed E-state index contributed by atoms with van der Waals surface area (Å²) in [6.45, 7) is 1.00. The normalized spacial score (nSPS) is 14.0. The predicted molar refractivity (Wildman–Crippen MR) is 93.8 cm³/mol. The average molecular weight is 387 g/mol. The van der Waals surface area contributed by atoms with Gasteiger partial charge in [0.25, 0.3) is 0 Å². The fourth-order valence-corrected chi connectivity index (χ4v) is 3.19. The Morgan fingerprint density at radius 3 is 2.64 bits per heavy atom. The number of halogens is 3. The molecule has 28 heavy (non-hydrogen) atoms. The molecule has 0 bridgehead atoms. The summed E-state index contributed by atoms with van der Waals surface area (Å²) in [6, 6.07) is 12.7. The van der Waals surface area contributed by atoms with Crippen molar-refractivity contribution in [2.24, 2.45) is 0 Å². The van der Waals surface area contributed by atoms with Gasteiger partial charge in [0.1, 0.15) is 6.54 Å². The van der Waals surface area contributed by atoms with E-state index in [1.165, 1.54) is 17.7 Å². The lowest BCUT2D eigenvalue weighted by molar-refractivity contribution is -0.137. The van der Waals surface area contributed by atoms with Crippen LogP contribution in [0.4, 0.5) is 13.2 Å². The van der Waals surface area contributed by atoms with Gasteiger partial charge < -0.3 is 4.90 Å². The maximum atomic E-state index is 12.9. The molecule has 0 saturated heterocycles. The number of rotatable bonds is 3. The number of hydrogen-bond donors (Lipinski definition) is 0. The molecule has 0 spiro atoms. The van der Waals surface area contributed by atoms with Crippen LogP contribution in [-0.2, 0) is 30.5 Å². The van der Waals surface area contributed by atoms with Crippen molar-refractivity contribution in [1.29, 1.82) is 0 Å². The fraction of sp³-hybridized carbons (Fsp3) is 0.263. The molecule has 1 aliphatic rings. The molecule has 144 valence electrons. The summed E-state index contributed by atoms with van der Waals surface area (Å²) in [5, 5.41) is 11.7. The first-order valence-corrected chi connectivity index (χ1v) is 8.70. The number of hydrogen-bond acceptors (Lipinski definition) is 4. The summed E-state index contributed by atoms with van der Waals surface area (Å²) in [7, 11) is 0. The lowest BCUT2D eigenvalue weighted by Gasteiger charge is -2.28. The summed E-state index contributed by atoms with van der Waals surface area (Å²) in [6.07, 6.45) is -3.67. The smallest absolute Gasteiger partial charge is 0.336 e. The van der Waals surface area contributed by atoms with Crippen LogP contribution in [-0.4, -0.2) is 37.6 Å². The molecule has 0 fully saturated rings. The van der Waals surface area contributed by atoms with E-state index in [2.05, 4.69) is 21.5 Å². The second kappa shape index (κ2) is 7.06. The Morgan fingerprint density at radius 1 is 1.07 bits per heavy atom. The summed E-state index contributed by atoms with van der Waals surface area (Å²) in [4.78, 5) is 15.4. The van der Waals surface area contributed by atoms with Crippen molar-refractivity contribution in [3.05, 3.63) is 65.2 Å². The monoisotopic (exact) mass is 387 g/mol. The van der Waals surface area contributed by atoms with Crippen LogP contribution in [0.2, 0.25) is 0 Å². The van der Waals surface area contributed by atoms with Gasteiger partial charge in [-0.2, -0.15) is 18.0 Å². The van der Waals surface area contributed by atoms with Crippen molar-refractivity contribution in [1.82, 2.24) is 25.1 Å². The van der Waals surface area contributed by atoms with Gasteiger partial charge in [0.05, 0.1) is 5.56 Å². The molecular formula is C19H16F3N5O. The Balaban J connectivity index is 1.46. The third-order valence-electron chi connectivity index (χ3n) is 4.66. The minimum atomic E-state index is -4.45. The number of alkyl halides is 3. The number of fused-ring (bicyclic) bond motifs is 1. The van der Waals surface area contributed by atoms with E-state index in [1.807, 2.05) is 18.2 Å². The summed E-state index contributed by atoms with van der Waals surface area (Å²) in [5.74, 6) is -0.120. The molecule has 1 aromatic heterocycles. The van der Waals surface area contributed by atoms with Gasteiger partial charge in [-0.25, -0.2) is 0 Å². The molecule has 2 aromatic carbocycles. The van der Waals surface area contributed by atoms with Crippen LogP contribution in [0.1, 0.15) is 16.7 Å². The zero-order valence-electron chi connectivity index (χ0n) is 14.7. The minimum absolute atomic E-state index is 0.0443. The van der Waals surface area contributed by atoms with Crippen molar-refractivity contribution in [3.8, 4) is 11.4 Å². The van der Waals surface area contributed by atoms with Crippen LogP contribution in [0.15, 0.2) is 48.5 Å². The number of carbonyl (C=O) groups excluding carboxylic acids is 1. The molecule has 0 radical (unpaired) electrons. The molecular weight excluding hydrogens is 371 g/mol. The third-order valence-corrected chi connectivity index (χ3v) is 4.66. The molecule has 3 aromatic rings. The number of benzene rings is 2. The maximum absolute atomic E-state index is 12.9. The van der Waals surface area contributed by atoms with Crippen molar-refractivity contribution in [2.75, 3.05) is 6.54 Å². The highest BCUT2D eigenvalue weighted by Gasteiger charge is 2.30. The number of aromatic nitrogens is 4. The second-order valence-corrected chi connectivity index (χ2v) is 6.56. The summed E-state index contributed by atoms with van der Waals surface area (Å²) >= 11 is 0. The van der Waals surface area contributed by atoms with Gasteiger partial charge in [0.15, 0.2) is 0 Å². The Kier molecular flexibility index (Phi) is 4.58. The molecule has 2 heterocycles. The van der Waals surface area contributed by atoms with Crippen LogP contribution in [0.25, 0.3) is 11.4 Å². The quantitative estimate of drug-likeness (QED) is 0.693. The van der Waals surface area contributed by atoms with Gasteiger partial charge in [-0.1, -0.05) is 36.4 Å². The van der Waals surface area contributed by atoms with E-state index in [9.17, 15) is 18.0 Å². The molecule has 1 amide bonds. The van der Waals surface area contributed by atoms with Crippen LogP contribution in [0.5, 0.6) is 0 Å². The van der Waals surface area contributed by atoms with Crippen LogP contribution in [0.3, 0.4) is 0 Å². The highest BCUT2D eigenvalue weighted by atomic mass is 19.4. The molecule has 6 nitrogen and oxygen atoms in total. The standard InChI is InChI=1S/C19H16F3N5O/c20-19(21,22)16-7-3-6-14(10-16)18-23-25-27(24-18)12-17(28)26-9-8-13-4-1-2-5-15(13)11-26/h1-7,10H,8-9,11-12H2. The third kappa shape index (κ3) is 3.73. The SMILES string of the molecule is O=C(Cn1nnc(-c2cccc(C(F)(F)F)c2)n1)N1CCc2ccccc2C1. The van der Waals surface area contributed by atoms with Crippen molar-refractivity contribution < 1.29 is 18.0 Å². The van der Waals surface area contributed by atoms with Gasteiger partial charge >= 0.3 is 6.18 Å². The first-order valence-electron chi connectivity index (χ1n) is 8.70. The van der Waals surface area contributed by atoms with Crippen LogP contribution in [0, 0.1) is 0 Å². The molecule has 0 N–H and O–H groups in total. The molecule has 0 aliphatic carbocycles. The van der Waals surface area contributed by atoms with E-state index >= 15 is 0 Å². The number of tetrazole rings is 1. The van der Waals surface area contributed by atoms with Gasteiger partial charge in [-0.15, -0.1) is 10.2 Å². The Bertz CT molecular complexity index is 1010. The zero-order valence-corrected chi connectivity index (χ0v) is 14.7. The van der Waals surface area contributed by atoms with Gasteiger partial charge in [-0.3, -0.25) is 4.79 Å². The lowest BCUT2D eigenvalue weighted by Crippen LogP contribution is -2.38. The summed E-state index contributed by atoms with van der Waals surface area (Å²) < 4.78 is 38.6. The molecule has 0 saturated carbocycles. The first-order chi connectivity index (χ1) is 13.4. The van der Waals surface area contributed by atoms with E-state index in [-0.39, 0.29) is 23.8 Å². The van der Waals surface area contributed by atoms with Gasteiger partial charge in [0, 0.05) is 18.7 Å². The fourth-order valence-electron chi connectivity index (χ4n) is 3.19. The summed E-state index contributed by atoms with van der Waals surface area (Å²) in [5.41, 5.74) is 1.75. The molecule has 0 atom stereocenters. The minimum Gasteiger partial charge on any atom is -0.336 e. The molecule has 0 unspecified atom stereocenters. The van der Waals surface area contributed by atoms with Crippen molar-refractivity contribution in [2.45, 2.75) is 25.7 Å². The van der Waals surface area contributed by atoms with E-state index in [0.717, 1.165) is 28.9 Å². The van der Waals surface area contributed by atoms with Crippen LogP contribution < -0.4 is 0 Å². The van der Waals surface area contributed by atoms with Crippen molar-refractivity contribution >= 4 is 5.91 Å². The van der Waals surface area contributed by atoms with Crippen molar-refractivity contribution in [3.63, 3.8) is 0 Å². The highest BCUT2D eigenvalue weighted by Crippen LogP contribution is 2.31. The lowest BCUT2D eigenvalue weighted by atomic mass is 10.00. The average Bonchev–Trinajstić information content (AvgIpc) is 3.15. The first kappa shape index (κ1) is 18.1. The van der Waals surface area contributed by atoms with Gasteiger partial charge in [0.2, 0.25) is 11.7 Å². The van der Waals surface area contributed by atoms with Crippen LogP contribution >= 0.6 is 0 Å². The number of nitrogens with zero attached hydrogens (tertiary/aromatic N) is 5. The molecule has 1 aliphatic heterocycles. The topological polar surface area (TPSA) is 63.9 Å². The number of amides is 1. The van der Waals surface area contributed by atoms with E-state index in [4.69, 9.17) is 0 Å². The predicted octanol–water partition coefficient (Wildman–Crippen LogP) is 2.94. The Morgan fingerprint density at radius 2 is 1.86 bits per heavy atom. The zero-order chi connectivity index (χ0) is 19.7. The molecule has 4 rings (SSSR count). The second-order valence-electron chi connectivity index (χ2n) is 6.56. The van der Waals surface area contributed by atoms with E-state index < -0.39 is 11.7 Å². The Hall–Kier alpha value is -3.23. The van der Waals surface area contributed by atoms with E-state index in [0.29, 0.717) is 13.1 Å².